The minimum atomic E-state index is -5.08. The van der Waals surface area contributed by atoms with Gasteiger partial charge in [-0.2, -0.15) is 31.4 Å². The fourth-order valence-electron chi connectivity index (χ4n) is 2.97. The SMILES string of the molecule is O=C(Cn1ncc2ncc(-c3cccc(C(F)(F)F)c3)cc21)N1CC(F)C1.O=C(O)C(F)(F)F. The van der Waals surface area contributed by atoms with Crippen LogP contribution in [0.15, 0.2) is 42.7 Å². The maximum absolute atomic E-state index is 12.9. The molecule has 0 spiro atoms. The molecule has 1 amide bonds. The third-order valence-electron chi connectivity index (χ3n) is 4.74. The molecule has 0 radical (unpaired) electrons. The molecule has 0 saturated carbocycles. The third kappa shape index (κ3) is 5.80. The van der Waals surface area contributed by atoms with Gasteiger partial charge in [0.2, 0.25) is 5.91 Å². The summed E-state index contributed by atoms with van der Waals surface area (Å²) in [6.45, 7) is 0.0709. The van der Waals surface area contributed by atoms with E-state index in [0.717, 1.165) is 12.1 Å². The first kappa shape index (κ1) is 24.9. The lowest BCUT2D eigenvalue weighted by Gasteiger charge is -2.34. The minimum Gasteiger partial charge on any atom is -0.475 e. The second-order valence-electron chi connectivity index (χ2n) is 7.21. The van der Waals surface area contributed by atoms with Crippen molar-refractivity contribution in [2.75, 3.05) is 13.1 Å². The lowest BCUT2D eigenvalue weighted by Crippen LogP contribution is -2.52. The normalized spacial score (nSPS) is 14.4. The summed E-state index contributed by atoms with van der Waals surface area (Å²) in [5.41, 5.74) is 1.14. The Hall–Kier alpha value is -3.71. The average Bonchev–Trinajstić information content (AvgIpc) is 3.12. The summed E-state index contributed by atoms with van der Waals surface area (Å²) in [4.78, 5) is 26.7. The van der Waals surface area contributed by atoms with Gasteiger partial charge < -0.3 is 10.0 Å². The molecule has 182 valence electrons. The Morgan fingerprint density at radius 3 is 2.24 bits per heavy atom. The van der Waals surface area contributed by atoms with Crippen molar-refractivity contribution in [2.45, 2.75) is 25.1 Å². The molecule has 1 saturated heterocycles. The molecule has 7 nitrogen and oxygen atoms in total. The van der Waals surface area contributed by atoms with Crippen molar-refractivity contribution < 1.29 is 45.4 Å². The van der Waals surface area contributed by atoms with Crippen molar-refractivity contribution in [3.63, 3.8) is 0 Å². The number of alkyl halides is 7. The monoisotopic (exact) mass is 492 g/mol. The molecule has 1 aromatic carbocycles. The van der Waals surface area contributed by atoms with Gasteiger partial charge in [-0.1, -0.05) is 12.1 Å². The quantitative estimate of drug-likeness (QED) is 0.560. The zero-order chi connectivity index (χ0) is 25.3. The number of carboxylic acids is 1. The topological polar surface area (TPSA) is 88.3 Å². The number of carbonyl (C=O) groups excluding carboxylic acids is 1. The molecule has 3 aromatic rings. The van der Waals surface area contributed by atoms with E-state index in [1.165, 1.54) is 28.0 Å². The standard InChI is InChI=1S/C18H14F4N4O.C2HF3O2/c19-14-8-25(9-14)17(27)10-26-16-5-12(6-23-15(16)7-24-26)11-2-1-3-13(4-11)18(20,21)22;3-2(4,5)1(6)7/h1-7,14H,8-10H2;(H,6,7). The molecule has 1 aliphatic rings. The van der Waals surface area contributed by atoms with Gasteiger partial charge in [-0.15, -0.1) is 0 Å². The van der Waals surface area contributed by atoms with E-state index in [1.807, 2.05) is 0 Å². The molecule has 0 aliphatic carbocycles. The van der Waals surface area contributed by atoms with Gasteiger partial charge >= 0.3 is 18.3 Å². The van der Waals surface area contributed by atoms with Crippen LogP contribution in [0.4, 0.5) is 30.7 Å². The highest BCUT2D eigenvalue weighted by atomic mass is 19.4. The number of aromatic nitrogens is 3. The maximum atomic E-state index is 12.9. The van der Waals surface area contributed by atoms with Crippen molar-refractivity contribution in [3.05, 3.63) is 48.3 Å². The molecule has 0 atom stereocenters. The van der Waals surface area contributed by atoms with Crippen LogP contribution in [0, 0.1) is 0 Å². The molecule has 1 aliphatic heterocycles. The number of benzene rings is 1. The van der Waals surface area contributed by atoms with Gasteiger partial charge in [-0.25, -0.2) is 9.18 Å². The van der Waals surface area contributed by atoms with Gasteiger partial charge in [0.1, 0.15) is 18.2 Å². The van der Waals surface area contributed by atoms with E-state index in [-0.39, 0.29) is 25.5 Å². The Labute approximate surface area is 186 Å². The maximum Gasteiger partial charge on any atom is 0.490 e. The lowest BCUT2D eigenvalue weighted by molar-refractivity contribution is -0.192. The molecular formula is C20H15F7N4O3. The first-order valence-electron chi connectivity index (χ1n) is 9.47. The van der Waals surface area contributed by atoms with Crippen LogP contribution >= 0.6 is 0 Å². The molecule has 34 heavy (non-hydrogen) atoms. The molecular weight excluding hydrogens is 477 g/mol. The van der Waals surface area contributed by atoms with Gasteiger partial charge in [0.15, 0.2) is 0 Å². The number of carbonyl (C=O) groups is 2. The summed E-state index contributed by atoms with van der Waals surface area (Å²) < 4.78 is 84.9. The average molecular weight is 492 g/mol. The Morgan fingerprint density at radius 2 is 1.68 bits per heavy atom. The van der Waals surface area contributed by atoms with Crippen LogP contribution in [0.5, 0.6) is 0 Å². The Balaban J connectivity index is 0.000000406. The fourth-order valence-corrected chi connectivity index (χ4v) is 2.97. The van der Waals surface area contributed by atoms with E-state index in [1.54, 1.807) is 12.1 Å². The first-order chi connectivity index (χ1) is 15.8. The second kappa shape index (κ2) is 9.27. The molecule has 2 aromatic heterocycles. The van der Waals surface area contributed by atoms with Gasteiger partial charge in [-0.3, -0.25) is 14.5 Å². The van der Waals surface area contributed by atoms with Gasteiger partial charge in [0.25, 0.3) is 0 Å². The summed E-state index contributed by atoms with van der Waals surface area (Å²) in [6.07, 6.45) is -7.56. The third-order valence-corrected chi connectivity index (χ3v) is 4.74. The summed E-state index contributed by atoms with van der Waals surface area (Å²) >= 11 is 0. The number of amides is 1. The van der Waals surface area contributed by atoms with Crippen LogP contribution in [0.3, 0.4) is 0 Å². The number of nitrogens with zero attached hydrogens (tertiary/aromatic N) is 4. The van der Waals surface area contributed by atoms with Crippen molar-refractivity contribution in [3.8, 4) is 11.1 Å². The highest BCUT2D eigenvalue weighted by Crippen LogP contribution is 2.32. The molecule has 14 heteroatoms. The summed E-state index contributed by atoms with van der Waals surface area (Å²) in [6, 6.07) is 6.59. The van der Waals surface area contributed by atoms with Crippen LogP contribution in [0.25, 0.3) is 22.2 Å². The summed E-state index contributed by atoms with van der Waals surface area (Å²) in [5, 5.41) is 11.2. The smallest absolute Gasteiger partial charge is 0.475 e. The zero-order valence-electron chi connectivity index (χ0n) is 16.9. The van der Waals surface area contributed by atoms with E-state index < -0.39 is 30.1 Å². The highest BCUT2D eigenvalue weighted by Gasteiger charge is 2.38. The number of halogens is 7. The molecule has 1 N–H and O–H groups in total. The van der Waals surface area contributed by atoms with Crippen LogP contribution in [0.1, 0.15) is 5.56 Å². The molecule has 0 bridgehead atoms. The Bertz CT molecular complexity index is 1200. The summed E-state index contributed by atoms with van der Waals surface area (Å²) in [7, 11) is 0. The van der Waals surface area contributed by atoms with Gasteiger partial charge in [-0.05, 0) is 23.8 Å². The van der Waals surface area contributed by atoms with E-state index >= 15 is 0 Å². The number of carboxylic acid groups (broad SMARTS) is 1. The van der Waals surface area contributed by atoms with Crippen molar-refractivity contribution >= 4 is 22.9 Å². The number of fused-ring (bicyclic) bond motifs is 1. The largest absolute Gasteiger partial charge is 0.490 e. The number of aliphatic carboxylic acids is 1. The summed E-state index contributed by atoms with van der Waals surface area (Å²) in [5.74, 6) is -3.02. The molecule has 1 fully saturated rings. The minimum absolute atomic E-state index is 0.0752. The Kier molecular flexibility index (Phi) is 6.79. The predicted octanol–water partition coefficient (Wildman–Crippen LogP) is 3.93. The van der Waals surface area contributed by atoms with Crippen molar-refractivity contribution in [1.29, 1.82) is 0 Å². The Morgan fingerprint density at radius 1 is 1.03 bits per heavy atom. The lowest BCUT2D eigenvalue weighted by atomic mass is 10.0. The van der Waals surface area contributed by atoms with E-state index in [0.29, 0.717) is 22.2 Å². The van der Waals surface area contributed by atoms with Crippen LogP contribution < -0.4 is 0 Å². The number of hydrogen-bond acceptors (Lipinski definition) is 4. The fraction of sp³-hybridized carbons (Fsp3) is 0.300. The zero-order valence-corrected chi connectivity index (χ0v) is 16.9. The number of pyridine rings is 1. The highest BCUT2D eigenvalue weighted by molar-refractivity contribution is 5.83. The van der Waals surface area contributed by atoms with Crippen LogP contribution in [-0.4, -0.2) is 62.1 Å². The van der Waals surface area contributed by atoms with Crippen LogP contribution in [-0.2, 0) is 22.3 Å². The second-order valence-corrected chi connectivity index (χ2v) is 7.21. The number of hydrogen-bond donors (Lipinski definition) is 1. The van der Waals surface area contributed by atoms with Crippen molar-refractivity contribution in [2.24, 2.45) is 0 Å². The van der Waals surface area contributed by atoms with E-state index in [2.05, 4.69) is 10.1 Å². The number of likely N-dealkylation sites (tertiary alicyclic amines) is 1. The van der Waals surface area contributed by atoms with E-state index in [4.69, 9.17) is 9.90 Å². The first-order valence-corrected chi connectivity index (χ1v) is 9.47. The van der Waals surface area contributed by atoms with E-state index in [9.17, 15) is 35.5 Å². The van der Waals surface area contributed by atoms with Gasteiger partial charge in [0.05, 0.1) is 30.4 Å². The molecule has 0 unspecified atom stereocenters. The van der Waals surface area contributed by atoms with Gasteiger partial charge in [0, 0.05) is 11.8 Å². The van der Waals surface area contributed by atoms with Crippen LogP contribution in [0.2, 0.25) is 0 Å². The van der Waals surface area contributed by atoms with Crippen molar-refractivity contribution in [1.82, 2.24) is 19.7 Å². The molecule has 4 rings (SSSR count). The molecule has 3 heterocycles. The number of rotatable bonds is 3. The predicted molar refractivity (Wildman–Crippen MR) is 103 cm³/mol.